The summed E-state index contributed by atoms with van der Waals surface area (Å²) in [6.07, 6.45) is 4.00. The summed E-state index contributed by atoms with van der Waals surface area (Å²) >= 11 is 0. The number of hydrogen-bond acceptors (Lipinski definition) is 4. The van der Waals surface area contributed by atoms with Crippen LogP contribution in [0.15, 0.2) is 0 Å². The van der Waals surface area contributed by atoms with Crippen molar-refractivity contribution in [2.45, 2.75) is 64.2 Å². The van der Waals surface area contributed by atoms with Gasteiger partial charge in [0.05, 0.1) is 17.9 Å². The molecule has 0 saturated carbocycles. The van der Waals surface area contributed by atoms with E-state index >= 15 is 0 Å². The zero-order chi connectivity index (χ0) is 17.5. The van der Waals surface area contributed by atoms with Gasteiger partial charge < -0.3 is 14.5 Å². The monoisotopic (exact) mass is 334 g/mol. The number of piperidine rings is 1. The number of rotatable bonds is 3. The molecule has 1 fully saturated rings. The second kappa shape index (κ2) is 6.48. The average Bonchev–Trinajstić information content (AvgIpc) is 2.98. The average molecular weight is 334 g/mol. The topological polar surface area (TPSA) is 61.5 Å². The van der Waals surface area contributed by atoms with Crippen LogP contribution < -0.4 is 0 Å². The smallest absolute Gasteiger partial charge is 0.274 e. The van der Waals surface area contributed by atoms with E-state index in [0.29, 0.717) is 5.69 Å². The van der Waals surface area contributed by atoms with Crippen molar-refractivity contribution in [2.24, 2.45) is 0 Å². The SMILES string of the molecule is CCC1(N(C)C)CCN(C(=O)c2n[nH]c3c2C[C@H](C)O[C@@H]3C)CC1. The Morgan fingerprint density at radius 2 is 2.04 bits per heavy atom. The molecule has 6 nitrogen and oxygen atoms in total. The standard InChI is InChI=1S/C18H30N4O2/c1-6-18(21(4)5)7-9-22(10-8-18)17(23)16-14-11-12(2)24-13(3)15(14)19-20-16/h12-13H,6-11H2,1-5H3,(H,19,20)/t12-,13+/m0/s1. The second-order valence-electron chi connectivity index (χ2n) is 7.52. The lowest BCUT2D eigenvalue weighted by Gasteiger charge is -2.45. The molecule has 2 atom stereocenters. The molecule has 1 saturated heterocycles. The number of likely N-dealkylation sites (tertiary alicyclic amines) is 1. The maximum Gasteiger partial charge on any atom is 0.274 e. The van der Waals surface area contributed by atoms with Crippen molar-refractivity contribution < 1.29 is 9.53 Å². The van der Waals surface area contributed by atoms with Crippen molar-refractivity contribution in [3.05, 3.63) is 17.0 Å². The van der Waals surface area contributed by atoms with E-state index in [-0.39, 0.29) is 23.7 Å². The molecule has 6 heteroatoms. The van der Waals surface area contributed by atoms with E-state index in [9.17, 15) is 4.79 Å². The highest BCUT2D eigenvalue weighted by atomic mass is 16.5. The minimum absolute atomic E-state index is 0.0272. The van der Waals surface area contributed by atoms with E-state index in [2.05, 4.69) is 36.1 Å². The maximum absolute atomic E-state index is 13.0. The van der Waals surface area contributed by atoms with Gasteiger partial charge in [-0.3, -0.25) is 9.89 Å². The third-order valence-corrected chi connectivity index (χ3v) is 6.02. The molecular weight excluding hydrogens is 304 g/mol. The summed E-state index contributed by atoms with van der Waals surface area (Å²) in [5.41, 5.74) is 2.83. The Balaban J connectivity index is 1.75. The number of carbonyl (C=O) groups excluding carboxylic acids is 1. The molecule has 1 N–H and O–H groups in total. The van der Waals surface area contributed by atoms with Gasteiger partial charge in [0.15, 0.2) is 5.69 Å². The van der Waals surface area contributed by atoms with Crippen molar-refractivity contribution >= 4 is 5.91 Å². The third kappa shape index (κ3) is 2.86. The van der Waals surface area contributed by atoms with Crippen LogP contribution in [-0.4, -0.2) is 64.7 Å². The van der Waals surface area contributed by atoms with Crippen LogP contribution in [0.3, 0.4) is 0 Å². The second-order valence-corrected chi connectivity index (χ2v) is 7.52. The molecule has 134 valence electrons. The van der Waals surface area contributed by atoms with E-state index in [1.165, 1.54) is 0 Å². The summed E-state index contributed by atoms with van der Waals surface area (Å²) in [6.45, 7) is 7.90. The Labute approximate surface area is 144 Å². The molecule has 0 aromatic carbocycles. The highest BCUT2D eigenvalue weighted by Gasteiger charge is 2.38. The molecule has 0 unspecified atom stereocenters. The quantitative estimate of drug-likeness (QED) is 0.922. The van der Waals surface area contributed by atoms with E-state index in [1.54, 1.807) is 0 Å². The van der Waals surface area contributed by atoms with Gasteiger partial charge in [0.2, 0.25) is 0 Å². The van der Waals surface area contributed by atoms with Crippen LogP contribution >= 0.6 is 0 Å². The van der Waals surface area contributed by atoms with Gasteiger partial charge in [0.25, 0.3) is 5.91 Å². The number of carbonyl (C=O) groups is 1. The Hall–Kier alpha value is -1.40. The number of nitrogens with zero attached hydrogens (tertiary/aromatic N) is 3. The molecule has 1 aromatic heterocycles. The van der Waals surface area contributed by atoms with Gasteiger partial charge in [-0.05, 0) is 47.2 Å². The lowest BCUT2D eigenvalue weighted by molar-refractivity contribution is -0.00707. The van der Waals surface area contributed by atoms with E-state index in [1.807, 2.05) is 18.7 Å². The van der Waals surface area contributed by atoms with Gasteiger partial charge in [0, 0.05) is 30.6 Å². The van der Waals surface area contributed by atoms with Crippen LogP contribution in [0.4, 0.5) is 0 Å². The summed E-state index contributed by atoms with van der Waals surface area (Å²) < 4.78 is 5.82. The highest BCUT2D eigenvalue weighted by molar-refractivity contribution is 5.94. The molecule has 0 bridgehead atoms. The first-order chi connectivity index (χ1) is 11.4. The molecule has 0 radical (unpaired) electrons. The van der Waals surface area contributed by atoms with Gasteiger partial charge in [-0.1, -0.05) is 6.92 Å². The molecule has 2 aliphatic rings. The molecule has 2 aliphatic heterocycles. The number of H-pyrrole nitrogens is 1. The number of nitrogens with one attached hydrogen (secondary N) is 1. The normalized spacial score (nSPS) is 26.5. The number of hydrogen-bond donors (Lipinski definition) is 1. The summed E-state index contributed by atoms with van der Waals surface area (Å²) in [6, 6.07) is 0. The Morgan fingerprint density at radius 1 is 1.38 bits per heavy atom. The van der Waals surface area contributed by atoms with Crippen molar-refractivity contribution in [3.8, 4) is 0 Å². The minimum atomic E-state index is -0.0272. The first kappa shape index (κ1) is 17.4. The lowest BCUT2D eigenvalue weighted by atomic mass is 9.83. The molecule has 0 spiro atoms. The minimum Gasteiger partial charge on any atom is -0.369 e. The van der Waals surface area contributed by atoms with Gasteiger partial charge in [-0.15, -0.1) is 0 Å². The number of fused-ring (bicyclic) bond motifs is 1. The summed E-state index contributed by atoms with van der Waals surface area (Å²) in [5.74, 6) is 0.0669. The van der Waals surface area contributed by atoms with Gasteiger partial charge in [0.1, 0.15) is 0 Å². The van der Waals surface area contributed by atoms with Crippen LogP contribution in [0.25, 0.3) is 0 Å². The maximum atomic E-state index is 13.0. The van der Waals surface area contributed by atoms with Crippen molar-refractivity contribution in [1.29, 1.82) is 0 Å². The zero-order valence-electron chi connectivity index (χ0n) is 15.6. The molecule has 3 rings (SSSR count). The molecule has 1 amide bonds. The van der Waals surface area contributed by atoms with Crippen molar-refractivity contribution in [3.63, 3.8) is 0 Å². The van der Waals surface area contributed by atoms with Crippen molar-refractivity contribution in [1.82, 2.24) is 20.0 Å². The Bertz CT molecular complexity index is 602. The van der Waals surface area contributed by atoms with Crippen LogP contribution in [-0.2, 0) is 11.2 Å². The molecule has 3 heterocycles. The summed E-state index contributed by atoms with van der Waals surface area (Å²) in [5, 5.41) is 7.37. The predicted octanol–water partition coefficient (Wildman–Crippen LogP) is 2.38. The fourth-order valence-electron chi connectivity index (χ4n) is 4.24. The summed E-state index contributed by atoms with van der Waals surface area (Å²) in [4.78, 5) is 17.3. The lowest BCUT2D eigenvalue weighted by Crippen LogP contribution is -2.53. The first-order valence-corrected chi connectivity index (χ1v) is 9.07. The molecule has 1 aromatic rings. The molecule has 0 aliphatic carbocycles. The fourth-order valence-corrected chi connectivity index (χ4v) is 4.24. The fraction of sp³-hybridized carbons (Fsp3) is 0.778. The largest absolute Gasteiger partial charge is 0.369 e. The molecular formula is C18H30N4O2. The van der Waals surface area contributed by atoms with Crippen LogP contribution in [0, 0.1) is 0 Å². The Kier molecular flexibility index (Phi) is 4.71. The highest BCUT2D eigenvalue weighted by Crippen LogP contribution is 2.33. The van der Waals surface area contributed by atoms with Crippen molar-refractivity contribution in [2.75, 3.05) is 27.2 Å². The number of aromatic amines is 1. The third-order valence-electron chi connectivity index (χ3n) is 6.02. The molecule has 24 heavy (non-hydrogen) atoms. The van der Waals surface area contributed by atoms with E-state index in [4.69, 9.17) is 4.74 Å². The number of ether oxygens (including phenoxy) is 1. The van der Waals surface area contributed by atoms with Crippen LogP contribution in [0.5, 0.6) is 0 Å². The van der Waals surface area contributed by atoms with Gasteiger partial charge in [-0.2, -0.15) is 5.10 Å². The zero-order valence-corrected chi connectivity index (χ0v) is 15.6. The first-order valence-electron chi connectivity index (χ1n) is 9.07. The Morgan fingerprint density at radius 3 is 2.62 bits per heavy atom. The van der Waals surface area contributed by atoms with E-state index < -0.39 is 0 Å². The van der Waals surface area contributed by atoms with E-state index in [0.717, 1.165) is 50.0 Å². The van der Waals surface area contributed by atoms with Crippen LogP contribution in [0.2, 0.25) is 0 Å². The number of aromatic nitrogens is 2. The van der Waals surface area contributed by atoms with Crippen LogP contribution in [0.1, 0.15) is 67.9 Å². The van der Waals surface area contributed by atoms with Gasteiger partial charge >= 0.3 is 0 Å². The summed E-state index contributed by atoms with van der Waals surface area (Å²) in [7, 11) is 4.29. The number of amides is 1. The predicted molar refractivity (Wildman–Crippen MR) is 93.1 cm³/mol. The van der Waals surface area contributed by atoms with Gasteiger partial charge in [-0.25, -0.2) is 0 Å².